The highest BCUT2D eigenvalue weighted by Crippen LogP contribution is 2.17. The van der Waals surface area contributed by atoms with Crippen molar-refractivity contribution in [2.45, 2.75) is 52.5 Å². The molecular weight excluding hydrogens is 248 g/mol. The summed E-state index contributed by atoms with van der Waals surface area (Å²) < 4.78 is 0. The van der Waals surface area contributed by atoms with Gasteiger partial charge >= 0.3 is 0 Å². The average molecular weight is 282 g/mol. The lowest BCUT2D eigenvalue weighted by Crippen LogP contribution is -2.46. The van der Waals surface area contributed by atoms with Gasteiger partial charge in [-0.3, -0.25) is 9.89 Å². The van der Waals surface area contributed by atoms with E-state index in [2.05, 4.69) is 47.9 Å². The largest absolute Gasteiger partial charge is 0.356 e. The number of hydrogen-bond donors (Lipinski definition) is 1. The van der Waals surface area contributed by atoms with Gasteiger partial charge in [-0.2, -0.15) is 0 Å². The third kappa shape index (κ3) is 4.97. The fraction of sp³-hybridized carbons (Fsp3) is 0.938. The Balaban J connectivity index is 2.44. The van der Waals surface area contributed by atoms with Gasteiger partial charge in [0.25, 0.3) is 0 Å². The monoisotopic (exact) mass is 282 g/mol. The van der Waals surface area contributed by atoms with Crippen LogP contribution < -0.4 is 5.32 Å². The number of likely N-dealkylation sites (tertiary alicyclic amines) is 1. The topological polar surface area (TPSA) is 30.9 Å². The Kier molecular flexibility index (Phi) is 7.97. The van der Waals surface area contributed by atoms with E-state index in [0.29, 0.717) is 6.04 Å². The molecule has 4 heteroatoms. The van der Waals surface area contributed by atoms with Gasteiger partial charge in [0.15, 0.2) is 5.96 Å². The first-order valence-corrected chi connectivity index (χ1v) is 8.31. The lowest BCUT2D eigenvalue weighted by atomic mass is 10.0. The summed E-state index contributed by atoms with van der Waals surface area (Å²) in [5, 5.41) is 3.54. The Morgan fingerprint density at radius 1 is 1.35 bits per heavy atom. The van der Waals surface area contributed by atoms with Crippen molar-refractivity contribution in [3.05, 3.63) is 0 Å². The summed E-state index contributed by atoms with van der Waals surface area (Å²) in [6.07, 6.45) is 5.13. The second kappa shape index (κ2) is 9.22. The van der Waals surface area contributed by atoms with Gasteiger partial charge in [-0.05, 0) is 31.8 Å². The molecule has 1 aliphatic heterocycles. The number of rotatable bonds is 7. The molecule has 0 spiro atoms. The molecule has 0 aliphatic carbocycles. The van der Waals surface area contributed by atoms with E-state index in [1.54, 1.807) is 0 Å². The van der Waals surface area contributed by atoms with Crippen LogP contribution in [0, 0.1) is 5.92 Å². The van der Waals surface area contributed by atoms with Gasteiger partial charge in [-0.25, -0.2) is 0 Å². The highest BCUT2D eigenvalue weighted by atomic mass is 15.3. The minimum absolute atomic E-state index is 0.691. The van der Waals surface area contributed by atoms with Gasteiger partial charge < -0.3 is 10.2 Å². The molecule has 1 aliphatic rings. The number of aliphatic imine (C=N–C) groups is 1. The molecule has 1 atom stereocenters. The van der Waals surface area contributed by atoms with E-state index in [9.17, 15) is 0 Å². The van der Waals surface area contributed by atoms with Crippen molar-refractivity contribution in [1.29, 1.82) is 0 Å². The van der Waals surface area contributed by atoms with E-state index in [1.165, 1.54) is 32.2 Å². The molecule has 0 aromatic heterocycles. The summed E-state index contributed by atoms with van der Waals surface area (Å²) in [6.45, 7) is 11.3. The van der Waals surface area contributed by atoms with Gasteiger partial charge in [-0.1, -0.05) is 33.6 Å². The first kappa shape index (κ1) is 17.3. The van der Waals surface area contributed by atoms with E-state index in [1.807, 2.05) is 7.05 Å². The highest BCUT2D eigenvalue weighted by molar-refractivity contribution is 5.79. The number of likely N-dealkylation sites (N-methyl/N-ethyl adjacent to an activating group) is 2. The summed E-state index contributed by atoms with van der Waals surface area (Å²) in [6, 6.07) is 0.691. The smallest absolute Gasteiger partial charge is 0.193 e. The number of nitrogens with one attached hydrogen (secondary N) is 1. The van der Waals surface area contributed by atoms with Crippen molar-refractivity contribution in [1.82, 2.24) is 15.1 Å². The average Bonchev–Trinajstić information content (AvgIpc) is 2.91. The third-order valence-electron chi connectivity index (χ3n) is 4.67. The van der Waals surface area contributed by atoms with Crippen molar-refractivity contribution in [2.75, 3.05) is 40.3 Å². The molecule has 1 fully saturated rings. The first-order valence-electron chi connectivity index (χ1n) is 8.31. The second-order valence-corrected chi connectivity index (χ2v) is 5.92. The first-order chi connectivity index (χ1) is 9.65. The van der Waals surface area contributed by atoms with E-state index < -0.39 is 0 Å². The van der Waals surface area contributed by atoms with Crippen LogP contribution in [0.4, 0.5) is 0 Å². The van der Waals surface area contributed by atoms with Crippen LogP contribution in [-0.2, 0) is 0 Å². The standard InChI is InChI=1S/C16H34N4/c1-6-14(7-2)12-18-16(17-4)19(5)13-15-10-9-11-20(15)8-3/h14-15H,6-13H2,1-5H3,(H,17,18). The minimum atomic E-state index is 0.691. The van der Waals surface area contributed by atoms with Crippen LogP contribution in [0.2, 0.25) is 0 Å². The maximum absolute atomic E-state index is 4.43. The number of hydrogen-bond acceptors (Lipinski definition) is 2. The van der Waals surface area contributed by atoms with Crippen molar-refractivity contribution < 1.29 is 0 Å². The van der Waals surface area contributed by atoms with E-state index in [4.69, 9.17) is 0 Å². The Morgan fingerprint density at radius 3 is 2.60 bits per heavy atom. The number of nitrogens with zero attached hydrogens (tertiary/aromatic N) is 3. The maximum atomic E-state index is 4.43. The van der Waals surface area contributed by atoms with Crippen LogP contribution >= 0.6 is 0 Å². The van der Waals surface area contributed by atoms with Crippen molar-refractivity contribution in [2.24, 2.45) is 10.9 Å². The molecule has 118 valence electrons. The fourth-order valence-electron chi connectivity index (χ4n) is 3.12. The van der Waals surface area contributed by atoms with E-state index in [-0.39, 0.29) is 0 Å². The quantitative estimate of drug-likeness (QED) is 0.575. The Morgan fingerprint density at radius 2 is 2.05 bits per heavy atom. The minimum Gasteiger partial charge on any atom is -0.356 e. The summed E-state index contributed by atoms with van der Waals surface area (Å²) in [5.74, 6) is 1.79. The predicted octanol–water partition coefficient (Wildman–Crippen LogP) is 2.41. The fourth-order valence-corrected chi connectivity index (χ4v) is 3.12. The van der Waals surface area contributed by atoms with Crippen LogP contribution in [0.3, 0.4) is 0 Å². The van der Waals surface area contributed by atoms with Gasteiger partial charge in [0, 0.05) is 33.2 Å². The van der Waals surface area contributed by atoms with Gasteiger partial charge in [-0.15, -0.1) is 0 Å². The highest BCUT2D eigenvalue weighted by Gasteiger charge is 2.24. The zero-order chi connectivity index (χ0) is 15.0. The predicted molar refractivity (Wildman–Crippen MR) is 88.3 cm³/mol. The molecule has 0 radical (unpaired) electrons. The zero-order valence-corrected chi connectivity index (χ0v) is 14.2. The van der Waals surface area contributed by atoms with Crippen LogP contribution in [0.5, 0.6) is 0 Å². The molecule has 0 saturated carbocycles. The van der Waals surface area contributed by atoms with Gasteiger partial charge in [0.2, 0.25) is 0 Å². The van der Waals surface area contributed by atoms with Crippen LogP contribution in [0.1, 0.15) is 46.5 Å². The molecule has 20 heavy (non-hydrogen) atoms. The van der Waals surface area contributed by atoms with Crippen LogP contribution in [0.25, 0.3) is 0 Å². The van der Waals surface area contributed by atoms with Crippen LogP contribution in [0.15, 0.2) is 4.99 Å². The summed E-state index contributed by atoms with van der Waals surface area (Å²) in [7, 11) is 4.05. The third-order valence-corrected chi connectivity index (χ3v) is 4.67. The molecule has 1 saturated heterocycles. The Hall–Kier alpha value is -0.770. The molecule has 0 amide bonds. The Labute approximate surface area is 125 Å². The lowest BCUT2D eigenvalue weighted by Gasteiger charge is -2.30. The molecule has 0 aromatic carbocycles. The van der Waals surface area contributed by atoms with Gasteiger partial charge in [0.1, 0.15) is 0 Å². The number of guanidine groups is 1. The SMILES string of the molecule is CCC(CC)CNC(=NC)N(C)CC1CCCN1CC. The molecule has 1 rings (SSSR count). The molecule has 0 bridgehead atoms. The van der Waals surface area contributed by atoms with Crippen LogP contribution in [-0.4, -0.2) is 62.1 Å². The summed E-state index contributed by atoms with van der Waals surface area (Å²) in [5.41, 5.74) is 0. The maximum Gasteiger partial charge on any atom is 0.193 e. The summed E-state index contributed by atoms with van der Waals surface area (Å²) >= 11 is 0. The zero-order valence-electron chi connectivity index (χ0n) is 14.2. The van der Waals surface area contributed by atoms with E-state index in [0.717, 1.165) is 31.5 Å². The van der Waals surface area contributed by atoms with Crippen molar-refractivity contribution >= 4 is 5.96 Å². The van der Waals surface area contributed by atoms with Crippen molar-refractivity contribution in [3.8, 4) is 0 Å². The molecule has 4 nitrogen and oxygen atoms in total. The Bertz CT molecular complexity index is 286. The van der Waals surface area contributed by atoms with E-state index >= 15 is 0 Å². The van der Waals surface area contributed by atoms with Gasteiger partial charge in [0.05, 0.1) is 0 Å². The lowest BCUT2D eigenvalue weighted by molar-refractivity contribution is 0.232. The molecule has 1 heterocycles. The van der Waals surface area contributed by atoms with Crippen molar-refractivity contribution in [3.63, 3.8) is 0 Å². The molecular formula is C16H34N4. The second-order valence-electron chi connectivity index (χ2n) is 5.92. The molecule has 1 unspecified atom stereocenters. The summed E-state index contributed by atoms with van der Waals surface area (Å²) in [4.78, 5) is 9.32. The molecule has 1 N–H and O–H groups in total. The molecule has 0 aromatic rings. The normalized spacial score (nSPS) is 20.7.